The molecule has 1 amide bonds. The smallest absolute Gasteiger partial charge is 0.254 e. The van der Waals surface area contributed by atoms with Crippen LogP contribution >= 0.6 is 0 Å². The summed E-state index contributed by atoms with van der Waals surface area (Å²) in [7, 11) is 1.70. The summed E-state index contributed by atoms with van der Waals surface area (Å²) in [6, 6.07) is 6.46. The van der Waals surface area contributed by atoms with E-state index in [-0.39, 0.29) is 17.5 Å². The van der Waals surface area contributed by atoms with Crippen LogP contribution in [0.5, 0.6) is 0 Å². The minimum atomic E-state index is -0.200. The number of carbonyl (C=O) groups is 1. The summed E-state index contributed by atoms with van der Waals surface area (Å²) in [5.41, 5.74) is 0.220. The fourth-order valence-electron chi connectivity index (χ4n) is 2.00. The summed E-state index contributed by atoms with van der Waals surface area (Å²) in [6.07, 6.45) is 3.22. The van der Waals surface area contributed by atoms with Crippen LogP contribution in [0.4, 0.5) is 0 Å². The predicted octanol–water partition coefficient (Wildman–Crippen LogP) is 2.29. The number of hydrogen-bond donors (Lipinski definition) is 0. The summed E-state index contributed by atoms with van der Waals surface area (Å²) >= 11 is 0. The average molecular weight is 274 g/mol. The van der Waals surface area contributed by atoms with Gasteiger partial charge in [0.05, 0.1) is 12.3 Å². The summed E-state index contributed by atoms with van der Waals surface area (Å²) in [5, 5.41) is 0. The van der Waals surface area contributed by atoms with Gasteiger partial charge in [-0.3, -0.25) is 9.59 Å². The minimum absolute atomic E-state index is 0.169. The van der Waals surface area contributed by atoms with E-state index in [0.29, 0.717) is 17.9 Å². The average Bonchev–Trinajstić information content (AvgIpc) is 2.99. The van der Waals surface area contributed by atoms with Crippen LogP contribution in [0.15, 0.2) is 45.9 Å². The number of rotatable bonds is 4. The van der Waals surface area contributed by atoms with Gasteiger partial charge in [0, 0.05) is 31.4 Å². The fourth-order valence-corrected chi connectivity index (χ4v) is 2.00. The molecule has 0 aliphatic carbocycles. The number of nitrogens with zero attached hydrogens (tertiary/aromatic N) is 2. The van der Waals surface area contributed by atoms with Crippen LogP contribution < -0.4 is 5.56 Å². The number of aryl methyl sites for hydroxylation is 1. The zero-order chi connectivity index (χ0) is 14.7. The molecule has 1 atom stereocenters. The lowest BCUT2D eigenvalue weighted by Crippen LogP contribution is -2.31. The van der Waals surface area contributed by atoms with Crippen molar-refractivity contribution in [1.82, 2.24) is 9.47 Å². The first-order valence-corrected chi connectivity index (χ1v) is 6.55. The highest BCUT2D eigenvalue weighted by Gasteiger charge is 2.21. The molecule has 2 rings (SSSR count). The molecule has 5 heteroatoms. The van der Waals surface area contributed by atoms with Gasteiger partial charge < -0.3 is 13.9 Å². The highest BCUT2D eigenvalue weighted by atomic mass is 16.3. The molecule has 0 saturated carbocycles. The van der Waals surface area contributed by atoms with Crippen LogP contribution in [0.2, 0.25) is 0 Å². The van der Waals surface area contributed by atoms with Gasteiger partial charge in [-0.05, 0) is 32.0 Å². The van der Waals surface area contributed by atoms with E-state index in [1.165, 1.54) is 6.07 Å². The van der Waals surface area contributed by atoms with E-state index in [0.717, 1.165) is 0 Å². The Kier molecular flexibility index (Phi) is 4.08. The van der Waals surface area contributed by atoms with Gasteiger partial charge in [0.15, 0.2) is 0 Å². The van der Waals surface area contributed by atoms with E-state index in [1.54, 1.807) is 41.1 Å². The van der Waals surface area contributed by atoms with Crippen LogP contribution in [0, 0.1) is 0 Å². The Morgan fingerprint density at radius 2 is 2.20 bits per heavy atom. The van der Waals surface area contributed by atoms with E-state index in [9.17, 15) is 9.59 Å². The van der Waals surface area contributed by atoms with Gasteiger partial charge in [-0.1, -0.05) is 0 Å². The van der Waals surface area contributed by atoms with Crippen LogP contribution in [-0.2, 0) is 6.54 Å². The van der Waals surface area contributed by atoms with Crippen molar-refractivity contribution in [1.29, 1.82) is 0 Å². The Morgan fingerprint density at radius 1 is 1.45 bits per heavy atom. The fraction of sp³-hybridized carbons (Fsp3) is 0.333. The van der Waals surface area contributed by atoms with E-state index in [2.05, 4.69) is 0 Å². The molecule has 0 aliphatic rings. The zero-order valence-corrected chi connectivity index (χ0v) is 11.9. The van der Waals surface area contributed by atoms with Crippen molar-refractivity contribution in [3.8, 4) is 0 Å². The van der Waals surface area contributed by atoms with E-state index < -0.39 is 0 Å². The van der Waals surface area contributed by atoms with Crippen molar-refractivity contribution in [2.75, 3.05) is 7.05 Å². The molecule has 2 aromatic heterocycles. The maximum Gasteiger partial charge on any atom is 0.254 e. The van der Waals surface area contributed by atoms with Crippen molar-refractivity contribution in [3.05, 3.63) is 58.4 Å². The SMILES string of the molecule is CCn1ccc(C(=O)N(C)[C@@H](C)c2ccco2)cc1=O. The number of amides is 1. The molecular formula is C15H18N2O3. The van der Waals surface area contributed by atoms with Gasteiger partial charge in [-0.15, -0.1) is 0 Å². The number of carbonyl (C=O) groups excluding carboxylic acids is 1. The Morgan fingerprint density at radius 3 is 2.75 bits per heavy atom. The second-order valence-corrected chi connectivity index (χ2v) is 4.65. The maximum absolute atomic E-state index is 12.4. The zero-order valence-electron chi connectivity index (χ0n) is 11.9. The van der Waals surface area contributed by atoms with Gasteiger partial charge in [0.25, 0.3) is 11.5 Å². The quantitative estimate of drug-likeness (QED) is 0.859. The van der Waals surface area contributed by atoms with Crippen molar-refractivity contribution in [2.24, 2.45) is 0 Å². The van der Waals surface area contributed by atoms with Gasteiger partial charge in [-0.2, -0.15) is 0 Å². The van der Waals surface area contributed by atoms with Crippen molar-refractivity contribution < 1.29 is 9.21 Å². The van der Waals surface area contributed by atoms with E-state index >= 15 is 0 Å². The molecule has 0 N–H and O–H groups in total. The Hall–Kier alpha value is -2.30. The third kappa shape index (κ3) is 2.66. The van der Waals surface area contributed by atoms with Crippen LogP contribution in [0.25, 0.3) is 0 Å². The van der Waals surface area contributed by atoms with Crippen molar-refractivity contribution >= 4 is 5.91 Å². The third-order valence-corrected chi connectivity index (χ3v) is 3.44. The topological polar surface area (TPSA) is 55.5 Å². The largest absolute Gasteiger partial charge is 0.467 e. The molecule has 0 spiro atoms. The molecule has 0 fully saturated rings. The number of pyridine rings is 1. The number of furan rings is 1. The minimum Gasteiger partial charge on any atom is -0.467 e. The molecule has 0 radical (unpaired) electrons. The van der Waals surface area contributed by atoms with E-state index in [1.807, 2.05) is 19.9 Å². The highest BCUT2D eigenvalue weighted by molar-refractivity contribution is 5.94. The molecule has 0 aromatic carbocycles. The normalized spacial score (nSPS) is 12.2. The van der Waals surface area contributed by atoms with Gasteiger partial charge >= 0.3 is 0 Å². The lowest BCUT2D eigenvalue weighted by Gasteiger charge is -2.23. The second-order valence-electron chi connectivity index (χ2n) is 4.65. The molecule has 2 aromatic rings. The summed E-state index contributed by atoms with van der Waals surface area (Å²) in [6.45, 7) is 4.35. The first kappa shape index (κ1) is 14.1. The molecule has 20 heavy (non-hydrogen) atoms. The van der Waals surface area contributed by atoms with Gasteiger partial charge in [0.2, 0.25) is 0 Å². The van der Waals surface area contributed by atoms with Gasteiger partial charge in [-0.25, -0.2) is 0 Å². The van der Waals surface area contributed by atoms with Crippen molar-refractivity contribution in [2.45, 2.75) is 26.4 Å². The first-order valence-electron chi connectivity index (χ1n) is 6.55. The van der Waals surface area contributed by atoms with Crippen LogP contribution in [0.3, 0.4) is 0 Å². The lowest BCUT2D eigenvalue weighted by atomic mass is 10.2. The standard InChI is InChI=1S/C15H18N2O3/c1-4-17-8-7-12(10-14(17)18)15(19)16(3)11(2)13-6-5-9-20-13/h5-11H,4H2,1-3H3/t11-/m0/s1. The number of aromatic nitrogens is 1. The Labute approximate surface area is 117 Å². The molecule has 0 saturated heterocycles. The first-order chi connectivity index (χ1) is 9.54. The summed E-state index contributed by atoms with van der Waals surface area (Å²) in [5.74, 6) is 0.511. The van der Waals surface area contributed by atoms with Crippen LogP contribution in [0.1, 0.15) is 36.0 Å². The summed E-state index contributed by atoms with van der Waals surface area (Å²) in [4.78, 5) is 25.7. The molecule has 0 unspecified atom stereocenters. The molecule has 5 nitrogen and oxygen atoms in total. The lowest BCUT2D eigenvalue weighted by molar-refractivity contribution is 0.0726. The monoisotopic (exact) mass is 274 g/mol. The Bertz CT molecular complexity index is 643. The molecule has 0 aliphatic heterocycles. The Balaban J connectivity index is 2.22. The third-order valence-electron chi connectivity index (χ3n) is 3.44. The predicted molar refractivity (Wildman–Crippen MR) is 75.6 cm³/mol. The molecule has 0 bridgehead atoms. The maximum atomic E-state index is 12.4. The molecule has 106 valence electrons. The van der Waals surface area contributed by atoms with Crippen LogP contribution in [-0.4, -0.2) is 22.4 Å². The molecule has 2 heterocycles. The van der Waals surface area contributed by atoms with Gasteiger partial charge in [0.1, 0.15) is 5.76 Å². The molecular weight excluding hydrogens is 256 g/mol. The highest BCUT2D eigenvalue weighted by Crippen LogP contribution is 2.20. The second kappa shape index (κ2) is 5.77. The number of hydrogen-bond acceptors (Lipinski definition) is 3. The van der Waals surface area contributed by atoms with Crippen molar-refractivity contribution in [3.63, 3.8) is 0 Å². The van der Waals surface area contributed by atoms with E-state index in [4.69, 9.17) is 4.42 Å². The summed E-state index contributed by atoms with van der Waals surface area (Å²) < 4.78 is 6.85.